The molecule has 60 valence electrons. The van der Waals surface area contributed by atoms with Crippen LogP contribution in [-0.2, 0) is 0 Å². The minimum atomic E-state index is -0.181. The van der Waals surface area contributed by atoms with Crippen LogP contribution in [0, 0.1) is 39.9 Å². The second kappa shape index (κ2) is 3.39. The molecular weight excluding hydrogens is 136 g/mol. The maximum atomic E-state index is 8.76. The van der Waals surface area contributed by atoms with E-state index in [9.17, 15) is 0 Å². The van der Waals surface area contributed by atoms with Gasteiger partial charge < -0.3 is 0 Å². The Kier molecular flexibility index (Phi) is 3.08. The van der Waals surface area contributed by atoms with Crippen LogP contribution >= 0.6 is 0 Å². The summed E-state index contributed by atoms with van der Waals surface area (Å²) < 4.78 is 0. The lowest BCUT2D eigenvalue weighted by atomic mass is 9.75. The van der Waals surface area contributed by atoms with Gasteiger partial charge in [-0.15, -0.1) is 0 Å². The summed E-state index contributed by atoms with van der Waals surface area (Å²) >= 11 is 0. The zero-order valence-corrected chi connectivity index (χ0v) is 7.55. The molecule has 2 unspecified atom stereocenters. The normalized spacial score (nSPS) is 16.2. The first-order valence-electron chi connectivity index (χ1n) is 3.72. The average molecular weight is 150 g/mol. The van der Waals surface area contributed by atoms with Gasteiger partial charge in [0.05, 0.1) is 24.0 Å². The summed E-state index contributed by atoms with van der Waals surface area (Å²) in [5, 5.41) is 17.4. The van der Waals surface area contributed by atoms with Gasteiger partial charge in [-0.05, 0) is 12.3 Å². The standard InChI is InChI=1S/C9H14N2/c1-7(5-10)8(6-11)9(2,3)4/h7-8H,1-4H3. The van der Waals surface area contributed by atoms with Crippen molar-refractivity contribution >= 4 is 0 Å². The molecule has 0 aliphatic rings. The molecule has 2 heteroatoms. The Bertz CT molecular complexity index is 199. The molecule has 0 rings (SSSR count). The van der Waals surface area contributed by atoms with Crippen LogP contribution in [0.4, 0.5) is 0 Å². The van der Waals surface area contributed by atoms with Crippen LogP contribution in [0.25, 0.3) is 0 Å². The van der Waals surface area contributed by atoms with E-state index in [1.54, 1.807) is 6.92 Å². The van der Waals surface area contributed by atoms with Gasteiger partial charge in [-0.3, -0.25) is 0 Å². The molecule has 0 aliphatic heterocycles. The van der Waals surface area contributed by atoms with E-state index in [4.69, 9.17) is 10.5 Å². The van der Waals surface area contributed by atoms with Gasteiger partial charge in [0, 0.05) is 0 Å². The quantitative estimate of drug-likeness (QED) is 0.576. The summed E-state index contributed by atoms with van der Waals surface area (Å²) in [7, 11) is 0. The SMILES string of the molecule is CC(C#N)C(C#N)C(C)(C)C. The minimum absolute atomic E-state index is 0.0934. The summed E-state index contributed by atoms with van der Waals surface area (Å²) in [5.74, 6) is -0.354. The van der Waals surface area contributed by atoms with Crippen molar-refractivity contribution in [1.82, 2.24) is 0 Å². The molecule has 0 aromatic carbocycles. The molecule has 0 saturated carbocycles. The van der Waals surface area contributed by atoms with Gasteiger partial charge >= 0.3 is 0 Å². The van der Waals surface area contributed by atoms with E-state index in [0.717, 1.165) is 0 Å². The smallest absolute Gasteiger partial charge is 0.0675 e. The molecule has 0 aliphatic carbocycles. The maximum Gasteiger partial charge on any atom is 0.0675 e. The van der Waals surface area contributed by atoms with Crippen molar-refractivity contribution in [3.05, 3.63) is 0 Å². The predicted octanol–water partition coefficient (Wildman–Crippen LogP) is 2.33. The van der Waals surface area contributed by atoms with Crippen molar-refractivity contribution in [3.8, 4) is 12.1 Å². The van der Waals surface area contributed by atoms with Crippen LogP contribution in [0.2, 0.25) is 0 Å². The van der Waals surface area contributed by atoms with Gasteiger partial charge in [0.25, 0.3) is 0 Å². The largest absolute Gasteiger partial charge is 0.198 e. The first-order valence-corrected chi connectivity index (χ1v) is 3.72. The lowest BCUT2D eigenvalue weighted by Gasteiger charge is -2.26. The van der Waals surface area contributed by atoms with Crippen molar-refractivity contribution in [2.24, 2.45) is 17.3 Å². The molecule has 0 saturated heterocycles. The van der Waals surface area contributed by atoms with E-state index in [1.165, 1.54) is 0 Å². The first kappa shape index (κ1) is 9.98. The number of hydrogen-bond acceptors (Lipinski definition) is 2. The van der Waals surface area contributed by atoms with Crippen LogP contribution in [0.5, 0.6) is 0 Å². The third-order valence-corrected chi connectivity index (χ3v) is 1.78. The number of nitriles is 2. The van der Waals surface area contributed by atoms with Gasteiger partial charge in [-0.25, -0.2) is 0 Å². The Hall–Kier alpha value is -1.02. The number of hydrogen-bond donors (Lipinski definition) is 0. The molecule has 0 aromatic rings. The van der Waals surface area contributed by atoms with Crippen molar-refractivity contribution in [1.29, 1.82) is 10.5 Å². The van der Waals surface area contributed by atoms with E-state index in [-0.39, 0.29) is 17.3 Å². The third-order valence-electron chi connectivity index (χ3n) is 1.78. The molecular formula is C9H14N2. The summed E-state index contributed by atoms with van der Waals surface area (Å²) in [4.78, 5) is 0. The Labute approximate surface area is 68.4 Å². The molecule has 0 heterocycles. The van der Waals surface area contributed by atoms with Gasteiger partial charge in [-0.2, -0.15) is 10.5 Å². The third kappa shape index (κ3) is 2.60. The van der Waals surface area contributed by atoms with E-state index >= 15 is 0 Å². The zero-order chi connectivity index (χ0) is 9.07. The fraction of sp³-hybridized carbons (Fsp3) is 0.778. The second-order valence-electron chi connectivity index (χ2n) is 3.89. The van der Waals surface area contributed by atoms with E-state index in [2.05, 4.69) is 12.1 Å². The number of rotatable bonds is 1. The Morgan fingerprint density at radius 3 is 1.64 bits per heavy atom. The van der Waals surface area contributed by atoms with Crippen LogP contribution in [0.1, 0.15) is 27.7 Å². The molecule has 2 atom stereocenters. The molecule has 0 aromatic heterocycles. The highest BCUT2D eigenvalue weighted by molar-refractivity contribution is 5.01. The molecule has 11 heavy (non-hydrogen) atoms. The van der Waals surface area contributed by atoms with Crippen LogP contribution < -0.4 is 0 Å². The molecule has 0 amide bonds. The molecule has 0 radical (unpaired) electrons. The van der Waals surface area contributed by atoms with E-state index < -0.39 is 0 Å². The topological polar surface area (TPSA) is 47.6 Å². The molecule has 0 bridgehead atoms. The van der Waals surface area contributed by atoms with Gasteiger partial charge in [0.1, 0.15) is 0 Å². The fourth-order valence-corrected chi connectivity index (χ4v) is 1.13. The highest BCUT2D eigenvalue weighted by Crippen LogP contribution is 2.30. The van der Waals surface area contributed by atoms with E-state index in [0.29, 0.717) is 0 Å². The molecule has 2 nitrogen and oxygen atoms in total. The van der Waals surface area contributed by atoms with Crippen LogP contribution in [0.15, 0.2) is 0 Å². The van der Waals surface area contributed by atoms with Gasteiger partial charge in [-0.1, -0.05) is 20.8 Å². The van der Waals surface area contributed by atoms with Gasteiger partial charge in [0.15, 0.2) is 0 Å². The number of nitrogens with zero attached hydrogens (tertiary/aromatic N) is 2. The van der Waals surface area contributed by atoms with Crippen molar-refractivity contribution in [3.63, 3.8) is 0 Å². The minimum Gasteiger partial charge on any atom is -0.198 e. The Balaban J connectivity index is 4.48. The summed E-state index contributed by atoms with van der Waals surface area (Å²) in [6, 6.07) is 4.27. The Morgan fingerprint density at radius 1 is 1.09 bits per heavy atom. The molecule has 0 N–H and O–H groups in total. The van der Waals surface area contributed by atoms with Crippen LogP contribution in [-0.4, -0.2) is 0 Å². The maximum absolute atomic E-state index is 8.76. The predicted molar refractivity (Wildman–Crippen MR) is 43.3 cm³/mol. The van der Waals surface area contributed by atoms with Crippen molar-refractivity contribution in [2.45, 2.75) is 27.7 Å². The zero-order valence-electron chi connectivity index (χ0n) is 7.55. The van der Waals surface area contributed by atoms with E-state index in [1.807, 2.05) is 20.8 Å². The fourth-order valence-electron chi connectivity index (χ4n) is 1.13. The highest BCUT2D eigenvalue weighted by atomic mass is 14.4. The van der Waals surface area contributed by atoms with Crippen molar-refractivity contribution in [2.75, 3.05) is 0 Å². The summed E-state index contributed by atoms with van der Waals surface area (Å²) in [6.07, 6.45) is 0. The summed E-state index contributed by atoms with van der Waals surface area (Å²) in [5.41, 5.74) is -0.0934. The lowest BCUT2D eigenvalue weighted by Crippen LogP contribution is -2.24. The first-order chi connectivity index (χ1) is 4.93. The second-order valence-corrected chi connectivity index (χ2v) is 3.89. The highest BCUT2D eigenvalue weighted by Gasteiger charge is 2.29. The lowest BCUT2D eigenvalue weighted by molar-refractivity contribution is 0.258. The Morgan fingerprint density at radius 2 is 1.55 bits per heavy atom. The monoisotopic (exact) mass is 150 g/mol. The molecule has 0 fully saturated rings. The average Bonchev–Trinajstić information content (AvgIpc) is 1.86. The molecule has 0 spiro atoms. The summed E-state index contributed by atoms with van der Waals surface area (Å²) in [6.45, 7) is 7.73. The van der Waals surface area contributed by atoms with Gasteiger partial charge in [0.2, 0.25) is 0 Å². The van der Waals surface area contributed by atoms with Crippen LogP contribution in [0.3, 0.4) is 0 Å². The van der Waals surface area contributed by atoms with Crippen molar-refractivity contribution < 1.29 is 0 Å².